The molecule has 0 spiro atoms. The maximum Gasteiger partial charge on any atom is 0.326 e. The molecule has 188 valence electrons. The van der Waals surface area contributed by atoms with Gasteiger partial charge in [-0.1, -0.05) is 80.9 Å². The lowest BCUT2D eigenvalue weighted by atomic mass is 9.86. The Morgan fingerprint density at radius 1 is 0.892 bits per heavy atom. The number of carbonyl (C=O) groups excluding carboxylic acids is 1. The normalized spacial score (nSPS) is 12.1. The highest BCUT2D eigenvalue weighted by atomic mass is 35.5. The van der Waals surface area contributed by atoms with Crippen molar-refractivity contribution in [1.29, 1.82) is 0 Å². The van der Waals surface area contributed by atoms with E-state index < -0.39 is 17.9 Å². The van der Waals surface area contributed by atoms with Gasteiger partial charge in [0.1, 0.15) is 6.04 Å². The molecule has 0 saturated heterocycles. The van der Waals surface area contributed by atoms with Gasteiger partial charge in [-0.05, 0) is 46.4 Å². The van der Waals surface area contributed by atoms with Gasteiger partial charge in [0, 0.05) is 40.5 Å². The first-order chi connectivity index (χ1) is 17.6. The van der Waals surface area contributed by atoms with E-state index in [1.54, 1.807) is 24.5 Å². The van der Waals surface area contributed by atoms with Crippen molar-refractivity contribution in [2.24, 2.45) is 0 Å². The van der Waals surface area contributed by atoms with Crippen molar-refractivity contribution in [1.82, 2.24) is 15.3 Å². The van der Waals surface area contributed by atoms with E-state index in [0.717, 1.165) is 27.8 Å². The van der Waals surface area contributed by atoms with Crippen LogP contribution in [0.3, 0.4) is 0 Å². The Balaban J connectivity index is 1.42. The van der Waals surface area contributed by atoms with Gasteiger partial charge < -0.3 is 10.4 Å². The number of carboxylic acid groups (broad SMARTS) is 1. The summed E-state index contributed by atoms with van der Waals surface area (Å²) in [6.45, 7) is 6.28. The fourth-order valence-corrected chi connectivity index (χ4v) is 4.07. The van der Waals surface area contributed by atoms with Crippen LogP contribution in [0.1, 0.15) is 42.3 Å². The van der Waals surface area contributed by atoms with E-state index in [2.05, 4.69) is 36.1 Å². The van der Waals surface area contributed by atoms with Gasteiger partial charge in [0.15, 0.2) is 5.82 Å². The summed E-state index contributed by atoms with van der Waals surface area (Å²) in [7, 11) is 0. The molecule has 1 aromatic heterocycles. The van der Waals surface area contributed by atoms with E-state index in [0.29, 0.717) is 16.4 Å². The van der Waals surface area contributed by atoms with E-state index >= 15 is 0 Å². The Bertz CT molecular complexity index is 1390. The van der Waals surface area contributed by atoms with Gasteiger partial charge in [0.2, 0.25) is 0 Å². The van der Waals surface area contributed by atoms with E-state index in [9.17, 15) is 14.7 Å². The molecule has 1 atom stereocenters. The van der Waals surface area contributed by atoms with Crippen LogP contribution < -0.4 is 5.32 Å². The minimum atomic E-state index is -1.09. The van der Waals surface area contributed by atoms with Crippen molar-refractivity contribution in [2.75, 3.05) is 0 Å². The minimum Gasteiger partial charge on any atom is -0.480 e. The van der Waals surface area contributed by atoms with Crippen LogP contribution in [0.5, 0.6) is 0 Å². The standard InChI is InChI=1S/C30H28ClN3O3/c1-30(2,3)24-13-11-21(12-14-24)28(35)34-26(29(36)37)15-19-7-9-20(10-8-19)27-32-17-23(18-33-27)22-5-4-6-25(31)16-22/h4-14,16-18,26H,15H2,1-3H3,(H,34,35)(H,36,37). The zero-order valence-electron chi connectivity index (χ0n) is 20.9. The number of nitrogens with zero attached hydrogens (tertiary/aromatic N) is 2. The van der Waals surface area contributed by atoms with Crippen LogP contribution in [0.15, 0.2) is 85.2 Å². The fourth-order valence-electron chi connectivity index (χ4n) is 3.88. The molecule has 0 bridgehead atoms. The quantitative estimate of drug-likeness (QED) is 0.307. The summed E-state index contributed by atoms with van der Waals surface area (Å²) in [5.74, 6) is -0.958. The summed E-state index contributed by atoms with van der Waals surface area (Å²) in [4.78, 5) is 33.5. The lowest BCUT2D eigenvalue weighted by Gasteiger charge is -2.19. The monoisotopic (exact) mass is 513 g/mol. The summed E-state index contributed by atoms with van der Waals surface area (Å²) in [5.41, 5.74) is 4.85. The van der Waals surface area contributed by atoms with Gasteiger partial charge in [-0.3, -0.25) is 4.79 Å². The Hall–Kier alpha value is -4.03. The third-order valence-electron chi connectivity index (χ3n) is 6.08. The predicted molar refractivity (Wildman–Crippen MR) is 146 cm³/mol. The maximum absolute atomic E-state index is 12.7. The third kappa shape index (κ3) is 6.60. The summed E-state index contributed by atoms with van der Waals surface area (Å²) >= 11 is 6.07. The summed E-state index contributed by atoms with van der Waals surface area (Å²) in [6.07, 6.45) is 3.63. The van der Waals surface area contributed by atoms with Crippen LogP contribution in [-0.2, 0) is 16.6 Å². The first-order valence-corrected chi connectivity index (χ1v) is 12.3. The van der Waals surface area contributed by atoms with Gasteiger partial charge in [-0.25, -0.2) is 14.8 Å². The topological polar surface area (TPSA) is 92.2 Å². The van der Waals surface area contributed by atoms with Crippen LogP contribution in [0, 0.1) is 0 Å². The first-order valence-electron chi connectivity index (χ1n) is 11.9. The Morgan fingerprint density at radius 2 is 1.54 bits per heavy atom. The number of halogens is 1. The summed E-state index contributed by atoms with van der Waals surface area (Å²) < 4.78 is 0. The van der Waals surface area contributed by atoms with Gasteiger partial charge in [0.05, 0.1) is 0 Å². The number of amides is 1. The Labute approximate surface area is 221 Å². The number of nitrogens with one attached hydrogen (secondary N) is 1. The highest BCUT2D eigenvalue weighted by Gasteiger charge is 2.22. The number of benzene rings is 3. The van der Waals surface area contributed by atoms with Crippen molar-refractivity contribution in [3.63, 3.8) is 0 Å². The average molecular weight is 514 g/mol. The highest BCUT2D eigenvalue weighted by molar-refractivity contribution is 6.30. The molecule has 6 nitrogen and oxygen atoms in total. The van der Waals surface area contributed by atoms with Crippen molar-refractivity contribution < 1.29 is 14.7 Å². The van der Waals surface area contributed by atoms with Crippen molar-refractivity contribution in [2.45, 2.75) is 38.6 Å². The second kappa shape index (κ2) is 10.9. The number of aromatic nitrogens is 2. The molecule has 0 aliphatic heterocycles. The molecule has 0 fully saturated rings. The van der Waals surface area contributed by atoms with Crippen LogP contribution in [0.4, 0.5) is 0 Å². The molecule has 0 radical (unpaired) electrons. The summed E-state index contributed by atoms with van der Waals surface area (Å²) in [6, 6.07) is 21.0. The second-order valence-corrected chi connectivity index (χ2v) is 10.3. The lowest BCUT2D eigenvalue weighted by molar-refractivity contribution is -0.139. The molecule has 2 N–H and O–H groups in total. The zero-order valence-corrected chi connectivity index (χ0v) is 21.7. The predicted octanol–water partition coefficient (Wildman–Crippen LogP) is 6.19. The van der Waals surface area contributed by atoms with Gasteiger partial charge in [-0.2, -0.15) is 0 Å². The molecule has 1 heterocycles. The molecule has 1 amide bonds. The van der Waals surface area contributed by atoms with Crippen molar-refractivity contribution in [3.8, 4) is 22.5 Å². The van der Waals surface area contributed by atoms with E-state index in [1.807, 2.05) is 60.7 Å². The van der Waals surface area contributed by atoms with Crippen LogP contribution >= 0.6 is 11.6 Å². The van der Waals surface area contributed by atoms with Gasteiger partial charge >= 0.3 is 5.97 Å². The smallest absolute Gasteiger partial charge is 0.326 e. The number of carboxylic acids is 1. The fraction of sp³-hybridized carbons (Fsp3) is 0.200. The number of aliphatic carboxylic acids is 1. The third-order valence-corrected chi connectivity index (χ3v) is 6.31. The largest absolute Gasteiger partial charge is 0.480 e. The average Bonchev–Trinajstić information content (AvgIpc) is 2.88. The van der Waals surface area contributed by atoms with E-state index in [1.165, 1.54) is 0 Å². The van der Waals surface area contributed by atoms with Crippen LogP contribution in [0.25, 0.3) is 22.5 Å². The molecule has 0 saturated carbocycles. The van der Waals surface area contributed by atoms with Crippen LogP contribution in [0.2, 0.25) is 5.02 Å². The van der Waals surface area contributed by atoms with Crippen LogP contribution in [-0.4, -0.2) is 33.0 Å². The number of carbonyl (C=O) groups is 2. The molecular weight excluding hydrogens is 486 g/mol. The molecule has 4 aromatic rings. The second-order valence-electron chi connectivity index (χ2n) is 9.90. The Morgan fingerprint density at radius 3 is 2.11 bits per heavy atom. The van der Waals surface area contributed by atoms with E-state index in [-0.39, 0.29) is 11.8 Å². The lowest BCUT2D eigenvalue weighted by Crippen LogP contribution is -2.42. The first kappa shape index (κ1) is 26.0. The minimum absolute atomic E-state index is 0.0337. The van der Waals surface area contributed by atoms with Crippen molar-refractivity contribution in [3.05, 3.63) is 107 Å². The molecule has 1 unspecified atom stereocenters. The molecular formula is C30H28ClN3O3. The number of rotatable bonds is 7. The molecule has 7 heteroatoms. The molecule has 0 aliphatic carbocycles. The number of hydrogen-bond acceptors (Lipinski definition) is 4. The zero-order chi connectivity index (χ0) is 26.6. The molecule has 37 heavy (non-hydrogen) atoms. The number of hydrogen-bond donors (Lipinski definition) is 2. The molecule has 4 rings (SSSR count). The molecule has 3 aromatic carbocycles. The van der Waals surface area contributed by atoms with Gasteiger partial charge in [0.25, 0.3) is 5.91 Å². The highest BCUT2D eigenvalue weighted by Crippen LogP contribution is 2.24. The Kier molecular flexibility index (Phi) is 7.69. The van der Waals surface area contributed by atoms with Crippen molar-refractivity contribution >= 4 is 23.5 Å². The summed E-state index contributed by atoms with van der Waals surface area (Å²) in [5, 5.41) is 13.0. The maximum atomic E-state index is 12.7. The van der Waals surface area contributed by atoms with E-state index in [4.69, 9.17) is 11.6 Å². The SMILES string of the molecule is CC(C)(C)c1ccc(C(=O)NC(Cc2ccc(-c3ncc(-c4cccc(Cl)c4)cn3)cc2)C(=O)O)cc1. The van der Waals surface area contributed by atoms with Gasteiger partial charge in [-0.15, -0.1) is 0 Å². The molecule has 0 aliphatic rings.